The highest BCUT2D eigenvalue weighted by molar-refractivity contribution is 6.51. The van der Waals surface area contributed by atoms with Crippen molar-refractivity contribution in [1.82, 2.24) is 0 Å². The van der Waals surface area contributed by atoms with Crippen molar-refractivity contribution in [3.05, 3.63) is 76.8 Å². The summed E-state index contributed by atoms with van der Waals surface area (Å²) in [5.41, 5.74) is 2.41. The fourth-order valence-electron chi connectivity index (χ4n) is 4.72. The van der Waals surface area contributed by atoms with Gasteiger partial charge in [0, 0.05) is 17.3 Å². The fraction of sp³-hybridized carbons (Fsp3) is 0.286. The Kier molecular flexibility index (Phi) is 5.96. The van der Waals surface area contributed by atoms with Crippen LogP contribution in [0.25, 0.3) is 5.76 Å². The van der Waals surface area contributed by atoms with Crippen LogP contribution in [0.3, 0.4) is 0 Å². The second kappa shape index (κ2) is 9.11. The highest BCUT2D eigenvalue weighted by atomic mass is 16.6. The lowest BCUT2D eigenvalue weighted by molar-refractivity contribution is -0.132. The first-order valence-corrected chi connectivity index (χ1v) is 11.7. The number of ether oxygens (including phenoxy) is 3. The lowest BCUT2D eigenvalue weighted by Gasteiger charge is -2.26. The van der Waals surface area contributed by atoms with Crippen molar-refractivity contribution in [1.29, 1.82) is 0 Å². The Bertz CT molecular complexity index is 1370. The number of nitrogens with zero attached hydrogens (tertiary/aromatic N) is 1. The number of amides is 1. The maximum absolute atomic E-state index is 13.4. The van der Waals surface area contributed by atoms with E-state index in [9.17, 15) is 14.7 Å². The number of ketones is 1. The maximum atomic E-state index is 13.4. The molecule has 1 unspecified atom stereocenters. The van der Waals surface area contributed by atoms with Crippen LogP contribution >= 0.6 is 0 Å². The number of methoxy groups -OCH3 is 1. The molecule has 0 bridgehead atoms. The lowest BCUT2D eigenvalue weighted by Crippen LogP contribution is -2.29. The largest absolute Gasteiger partial charge is 0.507 e. The van der Waals surface area contributed by atoms with Crippen LogP contribution in [0.15, 0.2) is 58.7 Å². The van der Waals surface area contributed by atoms with Crippen molar-refractivity contribution in [2.75, 3.05) is 25.2 Å². The average Bonchev–Trinajstić information content (AvgIpc) is 3.49. The number of carbonyl (C=O) groups is 2. The molecule has 36 heavy (non-hydrogen) atoms. The van der Waals surface area contributed by atoms with E-state index >= 15 is 0 Å². The Morgan fingerprint density at radius 3 is 2.50 bits per heavy atom. The summed E-state index contributed by atoms with van der Waals surface area (Å²) in [5, 5.41) is 11.5. The molecule has 1 N–H and O–H groups in total. The number of aryl methyl sites for hydroxylation is 1. The minimum absolute atomic E-state index is 0.0483. The normalized spacial score (nSPS) is 18.7. The molecule has 0 aliphatic carbocycles. The molecule has 1 amide bonds. The van der Waals surface area contributed by atoms with Gasteiger partial charge in [0.25, 0.3) is 11.7 Å². The Labute approximate surface area is 208 Å². The summed E-state index contributed by atoms with van der Waals surface area (Å²) < 4.78 is 22.5. The second-order valence-electron chi connectivity index (χ2n) is 9.08. The number of aliphatic hydroxyl groups is 1. The van der Waals surface area contributed by atoms with E-state index in [1.807, 2.05) is 32.9 Å². The lowest BCUT2D eigenvalue weighted by atomic mass is 9.92. The van der Waals surface area contributed by atoms with Crippen molar-refractivity contribution in [2.45, 2.75) is 32.7 Å². The molecule has 186 valence electrons. The molecule has 8 heteroatoms. The maximum Gasteiger partial charge on any atom is 0.300 e. The topological polar surface area (TPSA) is 98.4 Å². The van der Waals surface area contributed by atoms with Crippen LogP contribution in [-0.2, 0) is 9.59 Å². The van der Waals surface area contributed by atoms with Gasteiger partial charge in [-0.1, -0.05) is 13.8 Å². The minimum atomic E-state index is -0.966. The number of rotatable bonds is 5. The summed E-state index contributed by atoms with van der Waals surface area (Å²) in [7, 11) is 1.59. The Morgan fingerprint density at radius 2 is 1.83 bits per heavy atom. The van der Waals surface area contributed by atoms with Gasteiger partial charge in [-0.05, 0) is 60.4 Å². The molecule has 1 saturated heterocycles. The van der Waals surface area contributed by atoms with Crippen LogP contribution in [0.1, 0.15) is 48.3 Å². The number of hydrogen-bond donors (Lipinski definition) is 1. The van der Waals surface area contributed by atoms with Crippen molar-refractivity contribution in [3.8, 4) is 17.2 Å². The third kappa shape index (κ3) is 3.79. The molecule has 8 nitrogen and oxygen atoms in total. The zero-order valence-electron chi connectivity index (χ0n) is 20.5. The number of benzene rings is 2. The molecule has 0 radical (unpaired) electrons. The SMILES string of the molecule is COc1cc(C)c(/C(O)=C2\C(=O)C(=O)N(c3ccc4c(c3)OCCO4)C2c2ccco2)cc1C(C)C. The van der Waals surface area contributed by atoms with Crippen molar-refractivity contribution in [3.63, 3.8) is 0 Å². The van der Waals surface area contributed by atoms with E-state index in [2.05, 4.69) is 0 Å². The summed E-state index contributed by atoms with van der Waals surface area (Å²) in [4.78, 5) is 28.1. The van der Waals surface area contributed by atoms with Gasteiger partial charge in [0.15, 0.2) is 11.5 Å². The predicted octanol–water partition coefficient (Wildman–Crippen LogP) is 5.12. The molecule has 0 spiro atoms. The zero-order valence-corrected chi connectivity index (χ0v) is 20.5. The van der Waals surface area contributed by atoms with Crippen molar-refractivity contribution >= 4 is 23.1 Å². The van der Waals surface area contributed by atoms with Gasteiger partial charge in [-0.2, -0.15) is 0 Å². The monoisotopic (exact) mass is 489 g/mol. The van der Waals surface area contributed by atoms with Crippen LogP contribution < -0.4 is 19.1 Å². The molecule has 2 aliphatic heterocycles. The first kappa shape index (κ1) is 23.5. The van der Waals surface area contributed by atoms with Crippen LogP contribution in [-0.4, -0.2) is 37.1 Å². The third-order valence-corrected chi connectivity index (χ3v) is 6.51. The van der Waals surface area contributed by atoms with Gasteiger partial charge in [0.1, 0.15) is 36.5 Å². The van der Waals surface area contributed by atoms with Gasteiger partial charge in [-0.3, -0.25) is 14.5 Å². The summed E-state index contributed by atoms with van der Waals surface area (Å²) in [6, 6.07) is 11.1. The Hall–Kier alpha value is -4.20. The first-order chi connectivity index (χ1) is 17.3. The summed E-state index contributed by atoms with van der Waals surface area (Å²) in [5.74, 6) is 0.344. The fourth-order valence-corrected chi connectivity index (χ4v) is 4.72. The smallest absolute Gasteiger partial charge is 0.300 e. The van der Waals surface area contributed by atoms with E-state index in [1.54, 1.807) is 37.4 Å². The molecule has 1 fully saturated rings. The number of aliphatic hydroxyl groups excluding tert-OH is 1. The molecule has 1 atom stereocenters. The Morgan fingerprint density at radius 1 is 1.08 bits per heavy atom. The molecule has 0 saturated carbocycles. The van der Waals surface area contributed by atoms with Crippen LogP contribution in [0.5, 0.6) is 17.2 Å². The number of Topliss-reactive ketones (excluding diaryl/α,β-unsaturated/α-hetero) is 1. The molecule has 1 aromatic heterocycles. The van der Waals surface area contributed by atoms with Crippen LogP contribution in [0, 0.1) is 6.92 Å². The minimum Gasteiger partial charge on any atom is -0.507 e. The van der Waals surface area contributed by atoms with E-state index in [0.717, 1.165) is 5.56 Å². The molecule has 2 aliphatic rings. The highest BCUT2D eigenvalue weighted by Gasteiger charge is 2.48. The van der Waals surface area contributed by atoms with Gasteiger partial charge < -0.3 is 23.7 Å². The van der Waals surface area contributed by atoms with Gasteiger partial charge >= 0.3 is 0 Å². The molecule has 3 heterocycles. The van der Waals surface area contributed by atoms with Crippen molar-refractivity contribution in [2.24, 2.45) is 0 Å². The van der Waals surface area contributed by atoms with E-state index in [4.69, 9.17) is 18.6 Å². The second-order valence-corrected chi connectivity index (χ2v) is 9.08. The molecular formula is C28H27NO7. The first-order valence-electron chi connectivity index (χ1n) is 11.7. The summed E-state index contributed by atoms with van der Waals surface area (Å²) in [6.07, 6.45) is 1.47. The molecule has 3 aromatic rings. The standard InChI is InChI=1S/C28H27NO7/c1-15(2)18-14-19(16(3)12-22(18)33-4)26(30)24-25(21-6-5-9-34-21)29(28(32)27(24)31)17-7-8-20-23(13-17)36-11-10-35-20/h5-9,12-15,25,30H,10-11H2,1-4H3/b26-24+. The highest BCUT2D eigenvalue weighted by Crippen LogP contribution is 2.45. The third-order valence-electron chi connectivity index (χ3n) is 6.51. The van der Waals surface area contributed by atoms with Crippen LogP contribution in [0.2, 0.25) is 0 Å². The Balaban J connectivity index is 1.69. The van der Waals surface area contributed by atoms with Crippen LogP contribution in [0.4, 0.5) is 5.69 Å². The predicted molar refractivity (Wildman–Crippen MR) is 133 cm³/mol. The molecule has 5 rings (SSSR count). The van der Waals surface area contributed by atoms with E-state index in [1.165, 1.54) is 11.2 Å². The molecular weight excluding hydrogens is 462 g/mol. The molecule has 2 aromatic carbocycles. The van der Waals surface area contributed by atoms with Gasteiger partial charge in [-0.25, -0.2) is 0 Å². The van der Waals surface area contributed by atoms with Crippen molar-refractivity contribution < 1.29 is 33.3 Å². The van der Waals surface area contributed by atoms with E-state index in [-0.39, 0.29) is 17.3 Å². The number of hydrogen-bond acceptors (Lipinski definition) is 7. The zero-order chi connectivity index (χ0) is 25.6. The van der Waals surface area contributed by atoms with Gasteiger partial charge in [0.05, 0.1) is 18.9 Å². The quantitative estimate of drug-likeness (QED) is 0.302. The number of carbonyl (C=O) groups excluding carboxylic acids is 2. The summed E-state index contributed by atoms with van der Waals surface area (Å²) in [6.45, 7) is 6.66. The summed E-state index contributed by atoms with van der Waals surface area (Å²) >= 11 is 0. The average molecular weight is 490 g/mol. The van der Waals surface area contributed by atoms with E-state index < -0.39 is 17.7 Å². The number of furan rings is 1. The van der Waals surface area contributed by atoms with Gasteiger partial charge in [0.2, 0.25) is 0 Å². The van der Waals surface area contributed by atoms with E-state index in [0.29, 0.717) is 53.0 Å². The number of anilines is 1. The number of fused-ring (bicyclic) bond motifs is 1. The van der Waals surface area contributed by atoms with Gasteiger partial charge in [-0.15, -0.1) is 0 Å².